The van der Waals surface area contributed by atoms with Crippen LogP contribution in [0.25, 0.3) is 6.08 Å². The number of alkyl halides is 4. The van der Waals surface area contributed by atoms with Crippen molar-refractivity contribution in [2.45, 2.75) is 13.2 Å². The van der Waals surface area contributed by atoms with Crippen LogP contribution in [0.15, 0.2) is 53.9 Å². The van der Waals surface area contributed by atoms with Crippen LogP contribution < -0.4 is 14.2 Å². The standard InChI is InChI=1S/C16H13F4NO4S/c17-15(18)24-13-7-6-11(10-14(13)25-16(19)20)8-9-26(22,23)21-12-4-2-1-3-5-12/h1-10,15-16,21H/b9-8+. The van der Waals surface area contributed by atoms with Gasteiger partial charge in [0, 0.05) is 5.69 Å². The first-order valence-electron chi connectivity index (χ1n) is 7.05. The minimum Gasteiger partial charge on any atom is -0.431 e. The van der Waals surface area contributed by atoms with E-state index in [4.69, 9.17) is 0 Å². The Hall–Kier alpha value is -2.75. The average molecular weight is 391 g/mol. The Bertz CT molecular complexity index is 858. The summed E-state index contributed by atoms with van der Waals surface area (Å²) in [6.07, 6.45) is 1.09. The molecule has 0 bridgehead atoms. The van der Waals surface area contributed by atoms with E-state index in [1.54, 1.807) is 18.2 Å². The highest BCUT2D eigenvalue weighted by atomic mass is 32.2. The summed E-state index contributed by atoms with van der Waals surface area (Å²) >= 11 is 0. The van der Waals surface area contributed by atoms with Crippen molar-refractivity contribution in [3.63, 3.8) is 0 Å². The number of hydrogen-bond donors (Lipinski definition) is 1. The highest BCUT2D eigenvalue weighted by molar-refractivity contribution is 7.95. The molecule has 0 amide bonds. The second-order valence-electron chi connectivity index (χ2n) is 4.78. The van der Waals surface area contributed by atoms with Gasteiger partial charge in [0.15, 0.2) is 11.5 Å². The summed E-state index contributed by atoms with van der Waals surface area (Å²) < 4.78 is 83.8. The molecule has 10 heteroatoms. The molecule has 0 aliphatic rings. The van der Waals surface area contributed by atoms with Crippen LogP contribution in [0, 0.1) is 0 Å². The Morgan fingerprint density at radius 2 is 1.50 bits per heavy atom. The SMILES string of the molecule is O=S(=O)(/C=C/c1ccc(OC(F)F)c(OC(F)F)c1)Nc1ccccc1. The highest BCUT2D eigenvalue weighted by Gasteiger charge is 2.15. The van der Waals surface area contributed by atoms with Gasteiger partial charge in [-0.15, -0.1) is 0 Å². The van der Waals surface area contributed by atoms with Gasteiger partial charge in [-0.25, -0.2) is 8.42 Å². The zero-order valence-electron chi connectivity index (χ0n) is 13.0. The first-order chi connectivity index (χ1) is 12.2. The quantitative estimate of drug-likeness (QED) is 0.682. The maximum Gasteiger partial charge on any atom is 0.387 e. The second kappa shape index (κ2) is 8.56. The molecule has 0 spiro atoms. The Morgan fingerprint density at radius 1 is 0.885 bits per heavy atom. The molecule has 0 saturated carbocycles. The van der Waals surface area contributed by atoms with Crippen molar-refractivity contribution in [2.75, 3.05) is 4.72 Å². The molecule has 5 nitrogen and oxygen atoms in total. The Kier molecular flexibility index (Phi) is 6.45. The van der Waals surface area contributed by atoms with E-state index in [1.807, 2.05) is 0 Å². The average Bonchev–Trinajstić information content (AvgIpc) is 2.55. The largest absolute Gasteiger partial charge is 0.431 e. The molecule has 0 heterocycles. The molecule has 2 aromatic rings. The molecule has 26 heavy (non-hydrogen) atoms. The summed E-state index contributed by atoms with van der Waals surface area (Å²) in [6, 6.07) is 11.2. The summed E-state index contributed by atoms with van der Waals surface area (Å²) in [4.78, 5) is 0. The Morgan fingerprint density at radius 3 is 2.12 bits per heavy atom. The number of para-hydroxylation sites is 1. The van der Waals surface area contributed by atoms with Crippen molar-refractivity contribution in [1.82, 2.24) is 0 Å². The molecule has 140 valence electrons. The molecule has 0 saturated heterocycles. The van der Waals surface area contributed by atoms with E-state index in [9.17, 15) is 26.0 Å². The summed E-state index contributed by atoms with van der Waals surface area (Å²) in [5, 5.41) is 0.801. The molecular weight excluding hydrogens is 378 g/mol. The van der Waals surface area contributed by atoms with Crippen LogP contribution in [0.5, 0.6) is 11.5 Å². The monoisotopic (exact) mass is 391 g/mol. The Balaban J connectivity index is 2.20. The van der Waals surface area contributed by atoms with E-state index in [0.29, 0.717) is 5.69 Å². The molecule has 0 aliphatic heterocycles. The second-order valence-corrected chi connectivity index (χ2v) is 6.35. The topological polar surface area (TPSA) is 64.6 Å². The molecule has 2 aromatic carbocycles. The lowest BCUT2D eigenvalue weighted by molar-refractivity contribution is -0.0692. The van der Waals surface area contributed by atoms with Crippen LogP contribution in [0.4, 0.5) is 23.2 Å². The molecule has 0 radical (unpaired) electrons. The van der Waals surface area contributed by atoms with Crippen LogP contribution in [0.2, 0.25) is 0 Å². The smallest absolute Gasteiger partial charge is 0.387 e. The van der Waals surface area contributed by atoms with Gasteiger partial charge in [0.25, 0.3) is 10.0 Å². The Labute approximate surface area is 146 Å². The van der Waals surface area contributed by atoms with E-state index < -0.39 is 34.7 Å². The highest BCUT2D eigenvalue weighted by Crippen LogP contribution is 2.31. The van der Waals surface area contributed by atoms with Gasteiger partial charge in [0.05, 0.1) is 5.41 Å². The zero-order chi connectivity index (χ0) is 19.2. The summed E-state index contributed by atoms with van der Waals surface area (Å²) in [6.45, 7) is -6.50. The van der Waals surface area contributed by atoms with Crippen LogP contribution in [-0.2, 0) is 10.0 Å². The van der Waals surface area contributed by atoms with E-state index in [2.05, 4.69) is 14.2 Å². The maximum atomic E-state index is 12.4. The van der Waals surface area contributed by atoms with E-state index >= 15 is 0 Å². The number of nitrogens with one attached hydrogen (secondary N) is 1. The van der Waals surface area contributed by atoms with Crippen LogP contribution >= 0.6 is 0 Å². The molecule has 0 unspecified atom stereocenters. The predicted octanol–water partition coefficient (Wildman–Crippen LogP) is 4.30. The molecule has 0 fully saturated rings. The molecule has 0 atom stereocenters. The molecule has 2 rings (SSSR count). The third-order valence-corrected chi connectivity index (χ3v) is 3.89. The van der Waals surface area contributed by atoms with Gasteiger partial charge in [-0.3, -0.25) is 4.72 Å². The van der Waals surface area contributed by atoms with E-state index in [1.165, 1.54) is 18.2 Å². The third-order valence-electron chi connectivity index (χ3n) is 2.87. The summed E-state index contributed by atoms with van der Waals surface area (Å²) in [5.74, 6) is -1.24. The maximum absolute atomic E-state index is 12.4. The fourth-order valence-corrected chi connectivity index (χ4v) is 2.75. The minimum absolute atomic E-state index is 0.126. The third kappa shape index (κ3) is 6.28. The van der Waals surface area contributed by atoms with Crippen molar-refractivity contribution in [1.29, 1.82) is 0 Å². The summed E-state index contributed by atoms with van der Waals surface area (Å²) in [7, 11) is -3.87. The number of rotatable bonds is 8. The van der Waals surface area contributed by atoms with Crippen LogP contribution in [-0.4, -0.2) is 21.6 Å². The number of halogens is 4. The van der Waals surface area contributed by atoms with Crippen molar-refractivity contribution >= 4 is 21.8 Å². The van der Waals surface area contributed by atoms with Gasteiger partial charge in [-0.1, -0.05) is 24.3 Å². The van der Waals surface area contributed by atoms with Gasteiger partial charge in [-0.2, -0.15) is 17.6 Å². The lowest BCUT2D eigenvalue weighted by Gasteiger charge is -2.12. The van der Waals surface area contributed by atoms with Crippen LogP contribution in [0.1, 0.15) is 5.56 Å². The van der Waals surface area contributed by atoms with Gasteiger partial charge in [0.2, 0.25) is 0 Å². The van der Waals surface area contributed by atoms with Crippen LogP contribution in [0.3, 0.4) is 0 Å². The lowest BCUT2D eigenvalue weighted by Crippen LogP contribution is -2.09. The number of benzene rings is 2. The molecule has 0 aromatic heterocycles. The fourth-order valence-electron chi connectivity index (χ4n) is 1.88. The van der Waals surface area contributed by atoms with E-state index in [-0.39, 0.29) is 5.56 Å². The molecule has 1 N–H and O–H groups in total. The van der Waals surface area contributed by atoms with Gasteiger partial charge < -0.3 is 9.47 Å². The van der Waals surface area contributed by atoms with E-state index in [0.717, 1.165) is 23.6 Å². The first-order valence-corrected chi connectivity index (χ1v) is 8.59. The summed E-state index contributed by atoms with van der Waals surface area (Å²) in [5.41, 5.74) is 0.459. The predicted molar refractivity (Wildman–Crippen MR) is 87.7 cm³/mol. The normalized spacial score (nSPS) is 11.9. The van der Waals surface area contributed by atoms with Crippen molar-refractivity contribution < 1.29 is 35.5 Å². The van der Waals surface area contributed by atoms with Crippen molar-refractivity contribution in [3.8, 4) is 11.5 Å². The lowest BCUT2D eigenvalue weighted by atomic mass is 10.2. The van der Waals surface area contributed by atoms with Crippen molar-refractivity contribution in [2.24, 2.45) is 0 Å². The minimum atomic E-state index is -3.87. The fraction of sp³-hybridized carbons (Fsp3) is 0.125. The van der Waals surface area contributed by atoms with Gasteiger partial charge in [-0.05, 0) is 35.9 Å². The zero-order valence-corrected chi connectivity index (χ0v) is 13.8. The number of sulfonamides is 1. The number of anilines is 1. The number of hydrogen-bond acceptors (Lipinski definition) is 4. The number of ether oxygens (including phenoxy) is 2. The molecular formula is C16H13F4NO4S. The first kappa shape index (κ1) is 19.6. The van der Waals surface area contributed by atoms with Gasteiger partial charge >= 0.3 is 13.2 Å². The molecule has 0 aliphatic carbocycles. The van der Waals surface area contributed by atoms with Gasteiger partial charge in [0.1, 0.15) is 0 Å². The van der Waals surface area contributed by atoms with Crippen molar-refractivity contribution in [3.05, 3.63) is 59.5 Å².